The lowest BCUT2D eigenvalue weighted by Gasteiger charge is -2.09. The Morgan fingerprint density at radius 1 is 0.889 bits per heavy atom. The molecule has 0 amide bonds. The monoisotopic (exact) mass is 423 g/mol. The van der Waals surface area contributed by atoms with Gasteiger partial charge in [0.1, 0.15) is 0 Å². The van der Waals surface area contributed by atoms with Gasteiger partial charge in [0.15, 0.2) is 14.9 Å². The van der Waals surface area contributed by atoms with Crippen LogP contribution in [0.1, 0.15) is 0 Å². The van der Waals surface area contributed by atoms with Gasteiger partial charge in [0.25, 0.3) is 10.0 Å². The Labute approximate surface area is 162 Å². The van der Waals surface area contributed by atoms with E-state index in [4.69, 9.17) is 11.6 Å². The van der Waals surface area contributed by atoms with Crippen LogP contribution >= 0.6 is 11.6 Å². The fraction of sp³-hybridized carbons (Fsp3) is 0.0588. The number of nitrogens with zero attached hydrogens (tertiary/aromatic N) is 2. The molecule has 2 aromatic carbocycles. The summed E-state index contributed by atoms with van der Waals surface area (Å²) < 4.78 is 50.1. The second-order valence-electron chi connectivity index (χ2n) is 5.67. The van der Waals surface area contributed by atoms with Gasteiger partial charge in [-0.2, -0.15) is 0 Å². The number of rotatable bonds is 5. The summed E-state index contributed by atoms with van der Waals surface area (Å²) in [6, 6.07) is 15.3. The van der Waals surface area contributed by atoms with Crippen molar-refractivity contribution >= 4 is 37.1 Å². The third-order valence-electron chi connectivity index (χ3n) is 3.56. The molecule has 0 unspecified atom stereocenters. The van der Waals surface area contributed by atoms with E-state index in [1.165, 1.54) is 24.3 Å². The number of hydrogen-bond acceptors (Lipinski definition) is 6. The number of nitrogens with one attached hydrogen (secondary N) is 1. The van der Waals surface area contributed by atoms with Crippen LogP contribution in [0.2, 0.25) is 5.02 Å². The highest BCUT2D eigenvalue weighted by Gasteiger charge is 2.15. The fourth-order valence-electron chi connectivity index (χ4n) is 2.23. The van der Waals surface area contributed by atoms with E-state index in [0.717, 1.165) is 6.26 Å². The van der Waals surface area contributed by atoms with Crippen LogP contribution in [-0.4, -0.2) is 33.3 Å². The van der Waals surface area contributed by atoms with Gasteiger partial charge in [-0.3, -0.25) is 4.72 Å². The summed E-state index contributed by atoms with van der Waals surface area (Å²) in [5.41, 5.74) is 1.49. The van der Waals surface area contributed by atoms with E-state index in [1.54, 1.807) is 36.4 Å². The lowest BCUT2D eigenvalue weighted by molar-refractivity contribution is 0.595. The van der Waals surface area contributed by atoms with Crippen LogP contribution in [0.15, 0.2) is 70.6 Å². The van der Waals surface area contributed by atoms with E-state index in [1.807, 2.05) is 0 Å². The van der Waals surface area contributed by atoms with Crippen molar-refractivity contribution in [2.75, 3.05) is 11.0 Å². The Morgan fingerprint density at radius 3 is 2.15 bits per heavy atom. The van der Waals surface area contributed by atoms with Crippen LogP contribution < -0.4 is 4.72 Å². The average molecular weight is 424 g/mol. The number of sulfonamides is 1. The summed E-state index contributed by atoms with van der Waals surface area (Å²) in [7, 11) is -7.18. The van der Waals surface area contributed by atoms with Gasteiger partial charge in [0.05, 0.1) is 10.6 Å². The van der Waals surface area contributed by atoms with E-state index in [9.17, 15) is 16.8 Å². The largest absolute Gasteiger partial charge is 0.280 e. The van der Waals surface area contributed by atoms with Crippen LogP contribution in [0.25, 0.3) is 11.3 Å². The van der Waals surface area contributed by atoms with Crippen molar-refractivity contribution in [2.45, 2.75) is 9.92 Å². The number of aromatic nitrogens is 2. The van der Waals surface area contributed by atoms with Crippen LogP contribution in [0.3, 0.4) is 0 Å². The molecule has 0 bridgehead atoms. The molecule has 27 heavy (non-hydrogen) atoms. The smallest absolute Gasteiger partial charge is 0.261 e. The zero-order chi connectivity index (χ0) is 19.7. The van der Waals surface area contributed by atoms with Crippen molar-refractivity contribution < 1.29 is 16.8 Å². The Kier molecular flexibility index (Phi) is 5.18. The van der Waals surface area contributed by atoms with Crippen LogP contribution in [0.5, 0.6) is 0 Å². The normalized spacial score (nSPS) is 11.9. The van der Waals surface area contributed by atoms with Gasteiger partial charge in [0.2, 0.25) is 0 Å². The lowest BCUT2D eigenvalue weighted by atomic mass is 10.1. The molecule has 0 saturated heterocycles. The van der Waals surface area contributed by atoms with E-state index >= 15 is 0 Å². The van der Waals surface area contributed by atoms with Crippen molar-refractivity contribution in [3.63, 3.8) is 0 Å². The zero-order valence-electron chi connectivity index (χ0n) is 14.0. The molecule has 1 aromatic heterocycles. The molecule has 0 spiro atoms. The zero-order valence-corrected chi connectivity index (χ0v) is 16.4. The molecule has 0 aliphatic carbocycles. The Morgan fingerprint density at radius 2 is 1.59 bits per heavy atom. The first-order valence-corrected chi connectivity index (χ1v) is 11.3. The summed E-state index contributed by atoms with van der Waals surface area (Å²) in [4.78, 5) is 0.0568. The van der Waals surface area contributed by atoms with Crippen LogP contribution in [0.4, 0.5) is 5.69 Å². The molecule has 0 atom stereocenters. The first-order valence-electron chi connectivity index (χ1n) is 7.58. The molecule has 1 heterocycles. The molecule has 0 fully saturated rings. The predicted molar refractivity (Wildman–Crippen MR) is 103 cm³/mol. The quantitative estimate of drug-likeness (QED) is 0.676. The molecule has 0 saturated carbocycles. The summed E-state index contributed by atoms with van der Waals surface area (Å²) >= 11 is 5.84. The highest BCUT2D eigenvalue weighted by atomic mass is 35.5. The summed E-state index contributed by atoms with van der Waals surface area (Å²) in [5, 5.41) is 7.80. The standard InChI is InChI=1S/C17H14ClN3O4S2/c1-26(22,23)17-10-9-16(19-20-17)12-5-7-14(8-6-12)21-27(24,25)15-4-2-3-13(18)11-15/h2-11,21H,1H3. The van der Waals surface area contributed by atoms with Gasteiger partial charge in [-0.1, -0.05) is 29.8 Å². The van der Waals surface area contributed by atoms with E-state index in [0.29, 0.717) is 22.0 Å². The molecule has 10 heteroatoms. The first kappa shape index (κ1) is 19.3. The van der Waals surface area contributed by atoms with Gasteiger partial charge in [0, 0.05) is 22.5 Å². The maximum atomic E-state index is 12.4. The van der Waals surface area contributed by atoms with Gasteiger partial charge in [-0.05, 0) is 42.5 Å². The van der Waals surface area contributed by atoms with Gasteiger partial charge < -0.3 is 0 Å². The number of halogens is 1. The molecule has 0 radical (unpaired) electrons. The lowest BCUT2D eigenvalue weighted by Crippen LogP contribution is -2.12. The number of anilines is 1. The molecular weight excluding hydrogens is 410 g/mol. The number of sulfone groups is 1. The third kappa shape index (κ3) is 4.62. The van der Waals surface area contributed by atoms with Gasteiger partial charge >= 0.3 is 0 Å². The summed E-state index contributed by atoms with van der Waals surface area (Å²) in [5.74, 6) is 0. The van der Waals surface area contributed by atoms with Gasteiger partial charge in [-0.15, -0.1) is 10.2 Å². The SMILES string of the molecule is CS(=O)(=O)c1ccc(-c2ccc(NS(=O)(=O)c3cccc(Cl)c3)cc2)nn1. The minimum absolute atomic E-state index is 0.0568. The predicted octanol–water partition coefficient (Wildman–Crippen LogP) is 3.00. The minimum Gasteiger partial charge on any atom is -0.280 e. The van der Waals surface area contributed by atoms with E-state index in [-0.39, 0.29) is 9.92 Å². The Balaban J connectivity index is 1.81. The first-order chi connectivity index (χ1) is 12.6. The van der Waals surface area contributed by atoms with Crippen molar-refractivity contribution in [3.8, 4) is 11.3 Å². The molecular formula is C17H14ClN3O4S2. The van der Waals surface area contributed by atoms with Gasteiger partial charge in [-0.25, -0.2) is 16.8 Å². The van der Waals surface area contributed by atoms with Crippen molar-refractivity contribution in [2.24, 2.45) is 0 Å². The third-order valence-corrected chi connectivity index (χ3v) is 6.15. The molecule has 140 valence electrons. The highest BCUT2D eigenvalue weighted by Crippen LogP contribution is 2.23. The second kappa shape index (κ2) is 7.26. The molecule has 3 rings (SSSR count). The fourth-order valence-corrected chi connectivity index (χ4v) is 4.09. The van der Waals surface area contributed by atoms with Crippen LogP contribution in [0, 0.1) is 0 Å². The van der Waals surface area contributed by atoms with Crippen molar-refractivity contribution in [1.29, 1.82) is 0 Å². The number of hydrogen-bond donors (Lipinski definition) is 1. The highest BCUT2D eigenvalue weighted by molar-refractivity contribution is 7.92. The second-order valence-corrected chi connectivity index (χ2v) is 9.75. The average Bonchev–Trinajstić information content (AvgIpc) is 2.61. The maximum Gasteiger partial charge on any atom is 0.261 e. The Bertz CT molecular complexity index is 1180. The molecule has 7 nitrogen and oxygen atoms in total. The molecule has 1 N–H and O–H groups in total. The molecule has 3 aromatic rings. The van der Waals surface area contributed by atoms with Crippen molar-refractivity contribution in [1.82, 2.24) is 10.2 Å². The summed E-state index contributed by atoms with van der Waals surface area (Å²) in [6.07, 6.45) is 1.05. The molecule has 0 aliphatic rings. The van der Waals surface area contributed by atoms with Crippen LogP contribution in [-0.2, 0) is 19.9 Å². The van der Waals surface area contributed by atoms with E-state index in [2.05, 4.69) is 14.9 Å². The minimum atomic E-state index is -3.76. The van der Waals surface area contributed by atoms with Crippen molar-refractivity contribution in [3.05, 3.63) is 65.7 Å². The summed E-state index contributed by atoms with van der Waals surface area (Å²) in [6.45, 7) is 0. The topological polar surface area (TPSA) is 106 Å². The van der Waals surface area contributed by atoms with E-state index < -0.39 is 19.9 Å². The maximum absolute atomic E-state index is 12.4. The number of benzene rings is 2. The Hall–Kier alpha value is -2.49. The molecule has 0 aliphatic heterocycles.